The molecule has 0 amide bonds. The molecule has 2 nitrogen and oxygen atoms in total. The van der Waals surface area contributed by atoms with Gasteiger partial charge < -0.3 is 10.5 Å². The van der Waals surface area contributed by atoms with Crippen LogP contribution in [0.3, 0.4) is 0 Å². The Bertz CT molecular complexity index is 333. The minimum absolute atomic E-state index is 0.166. The van der Waals surface area contributed by atoms with E-state index in [1.165, 1.54) is 10.5 Å². The van der Waals surface area contributed by atoms with Crippen LogP contribution in [0, 0.1) is 5.92 Å². The highest BCUT2D eigenvalue weighted by Crippen LogP contribution is 2.29. The molecule has 94 valence electrons. The molecule has 1 fully saturated rings. The molecule has 0 spiro atoms. The molecular formula is C14H21NOS. The smallest absolute Gasteiger partial charge is 0.0469 e. The topological polar surface area (TPSA) is 35.2 Å². The first-order valence-electron chi connectivity index (χ1n) is 6.37. The molecule has 0 bridgehead atoms. The summed E-state index contributed by atoms with van der Waals surface area (Å²) in [6.07, 6.45) is 2.18. The van der Waals surface area contributed by atoms with E-state index in [-0.39, 0.29) is 6.04 Å². The largest absolute Gasteiger partial charge is 0.381 e. The molecule has 1 aromatic rings. The summed E-state index contributed by atoms with van der Waals surface area (Å²) in [4.78, 5) is 1.33. The van der Waals surface area contributed by atoms with Crippen LogP contribution in [-0.4, -0.2) is 19.0 Å². The van der Waals surface area contributed by atoms with Crippen LogP contribution in [0.25, 0.3) is 0 Å². The highest BCUT2D eigenvalue weighted by Gasteiger charge is 2.21. The standard InChI is InChI=1S/C14H21NOS/c1-2-17-13-5-3-11(4-6-13)14(15)12-7-9-16-10-8-12/h3-6,12,14H,2,7-10,15H2,1H3. The molecule has 2 rings (SSSR count). The van der Waals surface area contributed by atoms with Gasteiger partial charge in [-0.1, -0.05) is 19.1 Å². The van der Waals surface area contributed by atoms with Gasteiger partial charge in [0.25, 0.3) is 0 Å². The van der Waals surface area contributed by atoms with Gasteiger partial charge in [0.15, 0.2) is 0 Å². The number of hydrogen-bond acceptors (Lipinski definition) is 3. The third-order valence-electron chi connectivity index (χ3n) is 3.35. The van der Waals surface area contributed by atoms with Crippen LogP contribution in [0.15, 0.2) is 29.2 Å². The number of hydrogen-bond donors (Lipinski definition) is 1. The van der Waals surface area contributed by atoms with Gasteiger partial charge in [0.2, 0.25) is 0 Å². The van der Waals surface area contributed by atoms with Crippen molar-refractivity contribution in [1.82, 2.24) is 0 Å². The van der Waals surface area contributed by atoms with Gasteiger partial charge in [-0.05, 0) is 42.2 Å². The van der Waals surface area contributed by atoms with E-state index in [1.54, 1.807) is 0 Å². The van der Waals surface area contributed by atoms with E-state index in [1.807, 2.05) is 11.8 Å². The molecule has 2 N–H and O–H groups in total. The van der Waals surface area contributed by atoms with Crippen molar-refractivity contribution in [1.29, 1.82) is 0 Å². The van der Waals surface area contributed by atoms with Crippen LogP contribution in [-0.2, 0) is 4.74 Å². The van der Waals surface area contributed by atoms with Crippen molar-refractivity contribution in [3.63, 3.8) is 0 Å². The quantitative estimate of drug-likeness (QED) is 0.834. The third-order valence-corrected chi connectivity index (χ3v) is 4.24. The molecule has 1 saturated heterocycles. The number of rotatable bonds is 4. The summed E-state index contributed by atoms with van der Waals surface area (Å²) < 4.78 is 5.38. The second-order valence-electron chi connectivity index (χ2n) is 4.48. The third kappa shape index (κ3) is 3.47. The van der Waals surface area contributed by atoms with E-state index in [9.17, 15) is 0 Å². The zero-order chi connectivity index (χ0) is 12.1. The maximum Gasteiger partial charge on any atom is 0.0469 e. The Kier molecular flexibility index (Phi) is 4.89. The lowest BCUT2D eigenvalue weighted by atomic mass is 9.88. The lowest BCUT2D eigenvalue weighted by molar-refractivity contribution is 0.0584. The maximum atomic E-state index is 6.33. The fourth-order valence-electron chi connectivity index (χ4n) is 2.30. The van der Waals surface area contributed by atoms with Crippen LogP contribution in [0.2, 0.25) is 0 Å². The summed E-state index contributed by atoms with van der Waals surface area (Å²) in [5, 5.41) is 0. The van der Waals surface area contributed by atoms with Crippen molar-refractivity contribution in [2.75, 3.05) is 19.0 Å². The number of benzene rings is 1. The Morgan fingerprint density at radius 1 is 1.29 bits per heavy atom. The summed E-state index contributed by atoms with van der Waals surface area (Å²) in [5.74, 6) is 1.69. The van der Waals surface area contributed by atoms with Gasteiger partial charge in [0.05, 0.1) is 0 Å². The molecule has 1 aliphatic rings. The first kappa shape index (κ1) is 12.9. The molecule has 17 heavy (non-hydrogen) atoms. The van der Waals surface area contributed by atoms with Gasteiger partial charge in [-0.2, -0.15) is 0 Å². The number of nitrogens with two attached hydrogens (primary N) is 1. The Hall–Kier alpha value is -0.510. The van der Waals surface area contributed by atoms with Gasteiger partial charge in [-0.3, -0.25) is 0 Å². The van der Waals surface area contributed by atoms with Crippen LogP contribution in [0.5, 0.6) is 0 Å². The average molecular weight is 251 g/mol. The van der Waals surface area contributed by atoms with E-state index in [0.29, 0.717) is 5.92 Å². The summed E-state index contributed by atoms with van der Waals surface area (Å²) >= 11 is 1.87. The summed E-state index contributed by atoms with van der Waals surface area (Å²) in [7, 11) is 0. The van der Waals surface area contributed by atoms with Gasteiger partial charge >= 0.3 is 0 Å². The van der Waals surface area contributed by atoms with Crippen molar-refractivity contribution in [3.8, 4) is 0 Å². The predicted molar refractivity (Wildman–Crippen MR) is 73.3 cm³/mol. The zero-order valence-corrected chi connectivity index (χ0v) is 11.2. The lowest BCUT2D eigenvalue weighted by Crippen LogP contribution is -2.27. The number of thioether (sulfide) groups is 1. The van der Waals surface area contributed by atoms with Crippen LogP contribution in [0.1, 0.15) is 31.4 Å². The highest BCUT2D eigenvalue weighted by atomic mass is 32.2. The summed E-state index contributed by atoms with van der Waals surface area (Å²) in [5.41, 5.74) is 7.59. The molecular weight excluding hydrogens is 230 g/mol. The van der Waals surface area contributed by atoms with E-state index in [4.69, 9.17) is 10.5 Å². The van der Waals surface area contributed by atoms with E-state index < -0.39 is 0 Å². The average Bonchev–Trinajstić information content (AvgIpc) is 2.40. The normalized spacial score (nSPS) is 19.2. The first-order valence-corrected chi connectivity index (χ1v) is 7.36. The first-order chi connectivity index (χ1) is 8.31. The minimum atomic E-state index is 0.166. The Balaban J connectivity index is 2.00. The molecule has 0 aliphatic carbocycles. The van der Waals surface area contributed by atoms with Gasteiger partial charge in [0, 0.05) is 24.2 Å². The molecule has 1 atom stereocenters. The van der Waals surface area contributed by atoms with E-state index >= 15 is 0 Å². The van der Waals surface area contributed by atoms with Crippen molar-refractivity contribution >= 4 is 11.8 Å². The van der Waals surface area contributed by atoms with E-state index in [0.717, 1.165) is 31.8 Å². The molecule has 0 aromatic heterocycles. The fourth-order valence-corrected chi connectivity index (χ4v) is 2.96. The van der Waals surface area contributed by atoms with Crippen LogP contribution < -0.4 is 5.73 Å². The minimum Gasteiger partial charge on any atom is -0.381 e. The van der Waals surface area contributed by atoms with Crippen LogP contribution >= 0.6 is 11.8 Å². The van der Waals surface area contributed by atoms with Gasteiger partial charge in [-0.15, -0.1) is 11.8 Å². The summed E-state index contributed by atoms with van der Waals surface area (Å²) in [6, 6.07) is 8.89. The zero-order valence-electron chi connectivity index (χ0n) is 10.4. The predicted octanol–water partition coefficient (Wildman–Crippen LogP) is 3.23. The Morgan fingerprint density at radius 2 is 1.94 bits per heavy atom. The Labute approximate surface area is 108 Å². The Morgan fingerprint density at radius 3 is 2.53 bits per heavy atom. The van der Waals surface area contributed by atoms with Crippen LogP contribution in [0.4, 0.5) is 0 Å². The van der Waals surface area contributed by atoms with Crippen molar-refractivity contribution in [2.45, 2.75) is 30.7 Å². The highest BCUT2D eigenvalue weighted by molar-refractivity contribution is 7.99. The molecule has 1 unspecified atom stereocenters. The number of ether oxygens (including phenoxy) is 1. The second kappa shape index (κ2) is 6.43. The molecule has 1 aliphatic heterocycles. The SMILES string of the molecule is CCSc1ccc(C(N)C2CCOCC2)cc1. The molecule has 1 heterocycles. The van der Waals surface area contributed by atoms with Crippen molar-refractivity contribution < 1.29 is 4.74 Å². The molecule has 0 radical (unpaired) electrons. The maximum absolute atomic E-state index is 6.33. The summed E-state index contributed by atoms with van der Waals surface area (Å²) in [6.45, 7) is 3.90. The van der Waals surface area contributed by atoms with Crippen molar-refractivity contribution in [3.05, 3.63) is 29.8 Å². The molecule has 3 heteroatoms. The molecule has 1 aromatic carbocycles. The van der Waals surface area contributed by atoms with Gasteiger partial charge in [-0.25, -0.2) is 0 Å². The molecule has 0 saturated carbocycles. The van der Waals surface area contributed by atoms with E-state index in [2.05, 4.69) is 31.2 Å². The fraction of sp³-hybridized carbons (Fsp3) is 0.571. The monoisotopic (exact) mass is 251 g/mol. The lowest BCUT2D eigenvalue weighted by Gasteiger charge is -2.27. The second-order valence-corrected chi connectivity index (χ2v) is 5.82. The van der Waals surface area contributed by atoms with Gasteiger partial charge in [0.1, 0.15) is 0 Å². The van der Waals surface area contributed by atoms with Crippen molar-refractivity contribution in [2.24, 2.45) is 11.7 Å².